The van der Waals surface area contributed by atoms with Gasteiger partial charge in [-0.15, -0.1) is 0 Å². The summed E-state index contributed by atoms with van der Waals surface area (Å²) >= 11 is 3.42. The average molecular weight is 350 g/mol. The van der Waals surface area contributed by atoms with E-state index in [-0.39, 0.29) is 5.78 Å². The van der Waals surface area contributed by atoms with Crippen molar-refractivity contribution in [2.24, 2.45) is 0 Å². The lowest BCUT2D eigenvalue weighted by Crippen LogP contribution is -2.07. The van der Waals surface area contributed by atoms with Crippen LogP contribution < -0.4 is 9.47 Å². The number of halogens is 1. The van der Waals surface area contributed by atoms with E-state index in [1.54, 1.807) is 26.5 Å². The highest BCUT2D eigenvalue weighted by Gasteiger charge is 2.08. The van der Waals surface area contributed by atoms with Gasteiger partial charge in [0.2, 0.25) is 5.88 Å². The summed E-state index contributed by atoms with van der Waals surface area (Å²) in [5.74, 6) is 1.44. The third-order valence-electron chi connectivity index (χ3n) is 3.03. The molecule has 5 heteroatoms. The molecule has 0 unspecified atom stereocenters. The number of ether oxygens (including phenoxy) is 2. The van der Waals surface area contributed by atoms with Gasteiger partial charge in [0.25, 0.3) is 0 Å². The number of carbonyl (C=O) groups excluding carboxylic acids is 1. The van der Waals surface area contributed by atoms with Gasteiger partial charge in [0.15, 0.2) is 0 Å². The van der Waals surface area contributed by atoms with Crippen LogP contribution in [0.2, 0.25) is 0 Å². The molecule has 2 aromatic rings. The number of Topliss-reactive ketones (excluding diaryl/α,β-unsaturated/α-hetero) is 1. The van der Waals surface area contributed by atoms with Crippen LogP contribution in [-0.2, 0) is 17.6 Å². The van der Waals surface area contributed by atoms with E-state index in [9.17, 15) is 4.79 Å². The molecule has 0 atom stereocenters. The second kappa shape index (κ2) is 7.22. The molecule has 0 aliphatic rings. The Hall–Kier alpha value is -1.88. The van der Waals surface area contributed by atoms with Crippen LogP contribution in [0.1, 0.15) is 11.1 Å². The molecule has 0 amide bonds. The summed E-state index contributed by atoms with van der Waals surface area (Å²) in [6.07, 6.45) is 2.41. The van der Waals surface area contributed by atoms with Crippen LogP contribution in [-0.4, -0.2) is 25.0 Å². The van der Waals surface area contributed by atoms with E-state index < -0.39 is 0 Å². The fraction of sp³-hybridized carbons (Fsp3) is 0.250. The van der Waals surface area contributed by atoms with E-state index in [0.717, 1.165) is 21.3 Å². The standard InChI is InChI=1S/C16H16BrNO3/c1-20-15-5-3-11(9-14(15)17)7-13(19)8-12-4-6-16(21-2)18-10-12/h3-6,9-10H,7-8H2,1-2H3. The third-order valence-corrected chi connectivity index (χ3v) is 3.65. The molecule has 0 fully saturated rings. The van der Waals surface area contributed by atoms with Gasteiger partial charge in [-0.3, -0.25) is 4.79 Å². The van der Waals surface area contributed by atoms with Gasteiger partial charge in [0, 0.05) is 25.1 Å². The molecular formula is C16H16BrNO3. The Morgan fingerprint density at radius 3 is 2.38 bits per heavy atom. The summed E-state index contributed by atoms with van der Waals surface area (Å²) < 4.78 is 11.0. The summed E-state index contributed by atoms with van der Waals surface area (Å²) in [4.78, 5) is 16.2. The van der Waals surface area contributed by atoms with Gasteiger partial charge in [0.1, 0.15) is 11.5 Å². The highest BCUT2D eigenvalue weighted by molar-refractivity contribution is 9.10. The molecule has 110 valence electrons. The predicted molar refractivity (Wildman–Crippen MR) is 83.9 cm³/mol. The minimum absolute atomic E-state index is 0.138. The number of rotatable bonds is 6. The van der Waals surface area contributed by atoms with E-state index in [2.05, 4.69) is 20.9 Å². The minimum Gasteiger partial charge on any atom is -0.496 e. The van der Waals surface area contributed by atoms with Gasteiger partial charge in [-0.1, -0.05) is 12.1 Å². The van der Waals surface area contributed by atoms with Crippen molar-refractivity contribution < 1.29 is 14.3 Å². The van der Waals surface area contributed by atoms with E-state index in [0.29, 0.717) is 18.7 Å². The Labute approximate surface area is 132 Å². The van der Waals surface area contributed by atoms with E-state index in [1.165, 1.54) is 0 Å². The van der Waals surface area contributed by atoms with Crippen molar-refractivity contribution in [1.82, 2.24) is 4.98 Å². The lowest BCUT2D eigenvalue weighted by atomic mass is 10.0. The Bertz CT molecular complexity index is 626. The van der Waals surface area contributed by atoms with Crippen LogP contribution in [0.3, 0.4) is 0 Å². The number of carbonyl (C=O) groups is 1. The Morgan fingerprint density at radius 1 is 1.10 bits per heavy atom. The molecule has 2 rings (SSSR count). The van der Waals surface area contributed by atoms with Crippen molar-refractivity contribution in [3.63, 3.8) is 0 Å². The zero-order valence-corrected chi connectivity index (χ0v) is 13.5. The number of ketones is 1. The molecule has 1 aromatic heterocycles. The Kier molecular flexibility index (Phi) is 5.33. The lowest BCUT2D eigenvalue weighted by molar-refractivity contribution is -0.117. The van der Waals surface area contributed by atoms with Crippen molar-refractivity contribution >= 4 is 21.7 Å². The van der Waals surface area contributed by atoms with Crippen molar-refractivity contribution in [3.05, 3.63) is 52.1 Å². The SMILES string of the molecule is COc1ccc(CC(=O)Cc2ccc(OC)c(Br)c2)cn1. The van der Waals surface area contributed by atoms with Gasteiger partial charge in [-0.25, -0.2) is 4.98 Å². The maximum Gasteiger partial charge on any atom is 0.212 e. The molecule has 0 N–H and O–H groups in total. The molecule has 0 aliphatic carbocycles. The molecule has 1 aromatic carbocycles. The average Bonchev–Trinajstić information content (AvgIpc) is 2.48. The summed E-state index contributed by atoms with van der Waals surface area (Å²) in [6.45, 7) is 0. The second-order valence-electron chi connectivity index (χ2n) is 4.57. The highest BCUT2D eigenvalue weighted by atomic mass is 79.9. The predicted octanol–water partition coefficient (Wildman–Crippen LogP) is 3.22. The first-order valence-corrected chi connectivity index (χ1v) is 7.24. The molecule has 0 bridgehead atoms. The van der Waals surface area contributed by atoms with Gasteiger partial charge in [-0.2, -0.15) is 0 Å². The topological polar surface area (TPSA) is 48.4 Å². The molecule has 0 saturated carbocycles. The number of aromatic nitrogens is 1. The van der Waals surface area contributed by atoms with Gasteiger partial charge in [-0.05, 0) is 39.2 Å². The first-order valence-electron chi connectivity index (χ1n) is 6.45. The van der Waals surface area contributed by atoms with Gasteiger partial charge < -0.3 is 9.47 Å². The molecule has 0 saturated heterocycles. The summed E-state index contributed by atoms with van der Waals surface area (Å²) in [5.41, 5.74) is 1.84. The third kappa shape index (κ3) is 4.29. The first kappa shape index (κ1) is 15.5. The van der Waals surface area contributed by atoms with Crippen molar-refractivity contribution in [2.45, 2.75) is 12.8 Å². The first-order chi connectivity index (χ1) is 10.1. The van der Waals surface area contributed by atoms with E-state index in [4.69, 9.17) is 9.47 Å². The molecular weight excluding hydrogens is 334 g/mol. The summed E-state index contributed by atoms with van der Waals surface area (Å²) in [5, 5.41) is 0. The van der Waals surface area contributed by atoms with Gasteiger partial charge >= 0.3 is 0 Å². The van der Waals surface area contributed by atoms with E-state index in [1.807, 2.05) is 24.3 Å². The molecule has 0 aliphatic heterocycles. The second-order valence-corrected chi connectivity index (χ2v) is 5.42. The van der Waals surface area contributed by atoms with E-state index >= 15 is 0 Å². The van der Waals surface area contributed by atoms with Crippen LogP contribution >= 0.6 is 15.9 Å². The lowest BCUT2D eigenvalue weighted by Gasteiger charge is -2.06. The van der Waals surface area contributed by atoms with Crippen molar-refractivity contribution in [2.75, 3.05) is 14.2 Å². The summed E-state index contributed by atoms with van der Waals surface area (Å²) in [6, 6.07) is 9.26. The van der Waals surface area contributed by atoms with Crippen LogP contribution in [0.4, 0.5) is 0 Å². The minimum atomic E-state index is 0.138. The highest BCUT2D eigenvalue weighted by Crippen LogP contribution is 2.25. The largest absolute Gasteiger partial charge is 0.496 e. The number of nitrogens with zero attached hydrogens (tertiary/aromatic N) is 1. The zero-order valence-electron chi connectivity index (χ0n) is 11.9. The van der Waals surface area contributed by atoms with Crippen LogP contribution in [0.5, 0.6) is 11.6 Å². The molecule has 0 spiro atoms. The number of benzene rings is 1. The maximum atomic E-state index is 12.1. The molecule has 1 heterocycles. The zero-order chi connectivity index (χ0) is 15.2. The normalized spacial score (nSPS) is 10.2. The van der Waals surface area contributed by atoms with Crippen LogP contribution in [0.25, 0.3) is 0 Å². The number of hydrogen-bond donors (Lipinski definition) is 0. The molecule has 4 nitrogen and oxygen atoms in total. The summed E-state index contributed by atoms with van der Waals surface area (Å²) in [7, 11) is 3.18. The Morgan fingerprint density at radius 2 is 1.81 bits per heavy atom. The number of methoxy groups -OCH3 is 2. The number of pyridine rings is 1. The quantitative estimate of drug-likeness (QED) is 0.803. The van der Waals surface area contributed by atoms with Gasteiger partial charge in [0.05, 0.1) is 18.7 Å². The van der Waals surface area contributed by atoms with Crippen molar-refractivity contribution in [3.8, 4) is 11.6 Å². The fourth-order valence-corrected chi connectivity index (χ4v) is 2.56. The monoisotopic (exact) mass is 349 g/mol. The Balaban J connectivity index is 1.99. The maximum absolute atomic E-state index is 12.1. The molecule has 21 heavy (non-hydrogen) atoms. The van der Waals surface area contributed by atoms with Crippen LogP contribution in [0.15, 0.2) is 41.0 Å². The van der Waals surface area contributed by atoms with Crippen molar-refractivity contribution in [1.29, 1.82) is 0 Å². The van der Waals surface area contributed by atoms with Crippen LogP contribution in [0, 0.1) is 0 Å². The molecule has 0 radical (unpaired) electrons. The number of hydrogen-bond acceptors (Lipinski definition) is 4. The smallest absolute Gasteiger partial charge is 0.212 e. The fourth-order valence-electron chi connectivity index (χ4n) is 1.97.